The lowest BCUT2D eigenvalue weighted by Crippen LogP contribution is -2.18. The van der Waals surface area contributed by atoms with Crippen LogP contribution in [0, 0.1) is 0 Å². The molecule has 1 aromatic carbocycles. The molecule has 4 nitrogen and oxygen atoms in total. The zero-order chi connectivity index (χ0) is 11.0. The monoisotopic (exact) mass is 223 g/mol. The molecule has 5 heteroatoms. The Kier molecular flexibility index (Phi) is 2.32. The third-order valence-corrected chi connectivity index (χ3v) is 3.01. The van der Waals surface area contributed by atoms with E-state index in [9.17, 15) is 9.59 Å². The van der Waals surface area contributed by atoms with Gasteiger partial charge >= 0.3 is 4.87 Å². The fourth-order valence-electron chi connectivity index (χ4n) is 1.49. The van der Waals surface area contributed by atoms with Gasteiger partial charge in [-0.2, -0.15) is 0 Å². The maximum atomic E-state index is 11.6. The number of thiazole rings is 1. The summed E-state index contributed by atoms with van der Waals surface area (Å²) in [7, 11) is 1.52. The molecule has 2 aromatic rings. The Morgan fingerprint density at radius 3 is 2.80 bits per heavy atom. The normalized spacial score (nSPS) is 10.5. The number of fused-ring (bicyclic) bond motifs is 1. The third kappa shape index (κ3) is 1.45. The Hall–Kier alpha value is -1.62. The van der Waals surface area contributed by atoms with Crippen LogP contribution in [-0.4, -0.2) is 17.6 Å². The summed E-state index contributed by atoms with van der Waals surface area (Å²) in [6, 6.07) is 5.32. The summed E-state index contributed by atoms with van der Waals surface area (Å²) in [6.45, 7) is 1.36. The van der Waals surface area contributed by atoms with Gasteiger partial charge in [0.2, 0.25) is 5.91 Å². The number of methoxy groups -OCH3 is 1. The molecule has 0 spiro atoms. The summed E-state index contributed by atoms with van der Waals surface area (Å²) < 4.78 is 7.02. The summed E-state index contributed by atoms with van der Waals surface area (Å²) in [5.74, 6) is 0.247. The Balaban J connectivity index is 2.95. The van der Waals surface area contributed by atoms with Crippen molar-refractivity contribution in [1.29, 1.82) is 0 Å². The van der Waals surface area contributed by atoms with Crippen LogP contribution in [0.15, 0.2) is 23.0 Å². The Morgan fingerprint density at radius 2 is 2.20 bits per heavy atom. The zero-order valence-electron chi connectivity index (χ0n) is 8.31. The molecule has 0 aliphatic heterocycles. The first-order valence-corrected chi connectivity index (χ1v) is 5.16. The first-order chi connectivity index (χ1) is 7.15. The summed E-state index contributed by atoms with van der Waals surface area (Å²) in [5.41, 5.74) is 0.558. The minimum Gasteiger partial charge on any atom is -0.495 e. The molecule has 0 saturated heterocycles. The molecule has 1 heterocycles. The molecule has 0 aliphatic carbocycles. The molecule has 2 rings (SSSR count). The zero-order valence-corrected chi connectivity index (χ0v) is 9.13. The van der Waals surface area contributed by atoms with Gasteiger partial charge in [-0.05, 0) is 12.1 Å². The molecule has 0 bridgehead atoms. The highest BCUT2D eigenvalue weighted by Gasteiger charge is 2.14. The molecule has 0 saturated carbocycles. The number of benzene rings is 1. The molecular formula is C10H9NO3S. The lowest BCUT2D eigenvalue weighted by atomic mass is 10.3. The minimum atomic E-state index is -0.296. The fourth-order valence-corrected chi connectivity index (χ4v) is 2.42. The molecular weight excluding hydrogens is 214 g/mol. The fraction of sp³-hybridized carbons (Fsp3) is 0.200. The number of para-hydroxylation sites is 1. The van der Waals surface area contributed by atoms with E-state index in [2.05, 4.69) is 0 Å². The minimum absolute atomic E-state index is 0.276. The molecule has 0 unspecified atom stereocenters. The predicted octanol–water partition coefficient (Wildman–Crippen LogP) is 1.73. The SMILES string of the molecule is COc1cccc2sc(=O)n(C(C)=O)c12. The summed E-state index contributed by atoms with van der Waals surface area (Å²) in [5, 5.41) is 0. The van der Waals surface area contributed by atoms with E-state index in [1.807, 2.05) is 0 Å². The predicted molar refractivity (Wildman–Crippen MR) is 58.9 cm³/mol. The molecule has 0 aliphatic rings. The molecule has 0 N–H and O–H groups in total. The highest BCUT2D eigenvalue weighted by atomic mass is 32.1. The maximum Gasteiger partial charge on any atom is 0.315 e. The van der Waals surface area contributed by atoms with Crippen molar-refractivity contribution in [2.24, 2.45) is 0 Å². The van der Waals surface area contributed by atoms with E-state index in [0.29, 0.717) is 11.3 Å². The van der Waals surface area contributed by atoms with Gasteiger partial charge in [-0.3, -0.25) is 9.59 Å². The van der Waals surface area contributed by atoms with Gasteiger partial charge in [-0.25, -0.2) is 4.57 Å². The molecule has 78 valence electrons. The van der Waals surface area contributed by atoms with E-state index >= 15 is 0 Å². The summed E-state index contributed by atoms with van der Waals surface area (Å²) >= 11 is 1.04. The van der Waals surface area contributed by atoms with Crippen molar-refractivity contribution < 1.29 is 9.53 Å². The van der Waals surface area contributed by atoms with Crippen LogP contribution < -0.4 is 9.61 Å². The number of hydrogen-bond acceptors (Lipinski definition) is 4. The van der Waals surface area contributed by atoms with E-state index in [-0.39, 0.29) is 10.8 Å². The summed E-state index contributed by atoms with van der Waals surface area (Å²) in [6.07, 6.45) is 0. The summed E-state index contributed by atoms with van der Waals surface area (Å²) in [4.78, 5) is 22.6. The van der Waals surface area contributed by atoms with Crippen molar-refractivity contribution in [2.45, 2.75) is 6.92 Å². The van der Waals surface area contributed by atoms with Crippen LogP contribution in [0.4, 0.5) is 0 Å². The number of aromatic nitrogens is 1. The van der Waals surface area contributed by atoms with Crippen molar-refractivity contribution in [1.82, 2.24) is 4.57 Å². The van der Waals surface area contributed by atoms with Gasteiger partial charge in [-0.15, -0.1) is 0 Å². The number of ether oxygens (including phenoxy) is 1. The van der Waals surface area contributed by atoms with Crippen molar-refractivity contribution in [2.75, 3.05) is 7.11 Å². The molecule has 0 atom stereocenters. The van der Waals surface area contributed by atoms with Crippen LogP contribution in [-0.2, 0) is 0 Å². The van der Waals surface area contributed by atoms with Crippen LogP contribution in [0.25, 0.3) is 10.2 Å². The lowest BCUT2D eigenvalue weighted by Gasteiger charge is -2.03. The highest BCUT2D eigenvalue weighted by Crippen LogP contribution is 2.26. The van der Waals surface area contributed by atoms with Gasteiger partial charge in [0, 0.05) is 6.92 Å². The first-order valence-electron chi connectivity index (χ1n) is 4.34. The second-order valence-electron chi connectivity index (χ2n) is 3.03. The second-order valence-corrected chi connectivity index (χ2v) is 4.02. The topological polar surface area (TPSA) is 48.3 Å². The average molecular weight is 223 g/mol. The molecule has 0 fully saturated rings. The number of carbonyl (C=O) groups is 1. The standard InChI is InChI=1S/C10H9NO3S/c1-6(12)11-9-7(14-2)4-3-5-8(9)15-10(11)13/h3-5H,1-2H3. The second kappa shape index (κ2) is 3.51. The van der Waals surface area contributed by atoms with Crippen molar-refractivity contribution in [3.63, 3.8) is 0 Å². The van der Waals surface area contributed by atoms with E-state index in [1.165, 1.54) is 14.0 Å². The number of hydrogen-bond donors (Lipinski definition) is 0. The van der Waals surface area contributed by atoms with Crippen LogP contribution in [0.5, 0.6) is 5.75 Å². The number of nitrogens with zero attached hydrogens (tertiary/aromatic N) is 1. The largest absolute Gasteiger partial charge is 0.495 e. The molecule has 1 aromatic heterocycles. The van der Waals surface area contributed by atoms with Gasteiger partial charge in [0.05, 0.1) is 11.8 Å². The van der Waals surface area contributed by atoms with Gasteiger partial charge in [0.15, 0.2) is 0 Å². The Morgan fingerprint density at radius 1 is 1.47 bits per heavy atom. The number of rotatable bonds is 1. The quantitative estimate of drug-likeness (QED) is 0.739. The third-order valence-electron chi connectivity index (χ3n) is 2.10. The van der Waals surface area contributed by atoms with E-state index in [1.54, 1.807) is 18.2 Å². The van der Waals surface area contributed by atoms with E-state index in [4.69, 9.17) is 4.74 Å². The lowest BCUT2D eigenvalue weighted by molar-refractivity contribution is 0.0939. The first kappa shape index (κ1) is 9.92. The van der Waals surface area contributed by atoms with Crippen molar-refractivity contribution >= 4 is 27.5 Å². The van der Waals surface area contributed by atoms with Gasteiger partial charge in [-0.1, -0.05) is 17.4 Å². The smallest absolute Gasteiger partial charge is 0.315 e. The molecule has 0 radical (unpaired) electrons. The van der Waals surface area contributed by atoms with Crippen molar-refractivity contribution in [3.8, 4) is 5.75 Å². The van der Waals surface area contributed by atoms with E-state index in [0.717, 1.165) is 20.6 Å². The average Bonchev–Trinajstić information content (AvgIpc) is 2.53. The number of carbonyl (C=O) groups excluding carboxylic acids is 1. The molecule has 15 heavy (non-hydrogen) atoms. The van der Waals surface area contributed by atoms with Gasteiger partial charge in [0.25, 0.3) is 0 Å². The van der Waals surface area contributed by atoms with E-state index < -0.39 is 0 Å². The Bertz CT molecular complexity index is 582. The van der Waals surface area contributed by atoms with Gasteiger partial charge < -0.3 is 4.74 Å². The maximum absolute atomic E-state index is 11.6. The van der Waals surface area contributed by atoms with Crippen LogP contribution in [0.2, 0.25) is 0 Å². The van der Waals surface area contributed by atoms with Crippen LogP contribution in [0.1, 0.15) is 11.7 Å². The Labute approximate surface area is 89.7 Å². The van der Waals surface area contributed by atoms with Crippen LogP contribution in [0.3, 0.4) is 0 Å². The molecule has 0 amide bonds. The van der Waals surface area contributed by atoms with Crippen molar-refractivity contribution in [3.05, 3.63) is 27.9 Å². The highest BCUT2D eigenvalue weighted by molar-refractivity contribution is 7.16. The van der Waals surface area contributed by atoms with Crippen LogP contribution >= 0.6 is 11.3 Å². The van der Waals surface area contributed by atoms with Gasteiger partial charge in [0.1, 0.15) is 11.3 Å².